The molecule has 0 bridgehead atoms. The molecule has 1 aliphatic rings. The zero-order valence-corrected chi connectivity index (χ0v) is 11.7. The molecule has 4 N–H and O–H groups in total. The molecule has 1 unspecified atom stereocenters. The molecule has 5 nitrogen and oxygen atoms in total. The molecule has 5 heteroatoms. The van der Waals surface area contributed by atoms with Crippen LogP contribution in [0.3, 0.4) is 0 Å². The zero-order chi connectivity index (χ0) is 14.5. The Balaban J connectivity index is 1.72. The standard InChI is InChI=1S/C15H21N3O2/c1-10(11-2-4-12(16)5-3-11)8-14(19)17-9-15(20)18-13-6-7-13/h2-5,10,13H,6-9,16H2,1H3,(H,17,19)(H,18,20). The third kappa shape index (κ3) is 4.57. The van der Waals surface area contributed by atoms with Crippen molar-refractivity contribution in [3.63, 3.8) is 0 Å². The smallest absolute Gasteiger partial charge is 0.239 e. The molecule has 108 valence electrons. The van der Waals surface area contributed by atoms with Gasteiger partial charge in [-0.2, -0.15) is 0 Å². The summed E-state index contributed by atoms with van der Waals surface area (Å²) in [4.78, 5) is 23.2. The fraction of sp³-hybridized carbons (Fsp3) is 0.467. The van der Waals surface area contributed by atoms with Crippen molar-refractivity contribution in [2.24, 2.45) is 0 Å². The summed E-state index contributed by atoms with van der Waals surface area (Å²) in [5, 5.41) is 5.48. The van der Waals surface area contributed by atoms with Crippen LogP contribution in [0.2, 0.25) is 0 Å². The highest BCUT2D eigenvalue weighted by Gasteiger charge is 2.23. The largest absolute Gasteiger partial charge is 0.399 e. The van der Waals surface area contributed by atoms with E-state index in [0.717, 1.165) is 18.4 Å². The van der Waals surface area contributed by atoms with E-state index in [1.165, 1.54) is 0 Å². The van der Waals surface area contributed by atoms with E-state index in [2.05, 4.69) is 10.6 Å². The molecular weight excluding hydrogens is 254 g/mol. The maximum Gasteiger partial charge on any atom is 0.239 e. The van der Waals surface area contributed by atoms with Gasteiger partial charge in [-0.3, -0.25) is 9.59 Å². The van der Waals surface area contributed by atoms with E-state index in [-0.39, 0.29) is 24.3 Å². The Hall–Kier alpha value is -2.04. The minimum Gasteiger partial charge on any atom is -0.399 e. The van der Waals surface area contributed by atoms with Crippen LogP contribution in [0.1, 0.15) is 37.7 Å². The molecular formula is C15H21N3O2. The molecule has 1 aliphatic carbocycles. The van der Waals surface area contributed by atoms with E-state index < -0.39 is 0 Å². The molecule has 1 aromatic rings. The average Bonchev–Trinajstić information content (AvgIpc) is 3.21. The first kappa shape index (κ1) is 14.4. The number of anilines is 1. The first-order valence-corrected chi connectivity index (χ1v) is 6.96. The van der Waals surface area contributed by atoms with Crippen LogP contribution in [0.5, 0.6) is 0 Å². The van der Waals surface area contributed by atoms with Gasteiger partial charge in [-0.1, -0.05) is 19.1 Å². The lowest BCUT2D eigenvalue weighted by Crippen LogP contribution is -2.38. The van der Waals surface area contributed by atoms with Gasteiger partial charge in [0.15, 0.2) is 0 Å². The lowest BCUT2D eigenvalue weighted by Gasteiger charge is -2.12. The molecule has 2 rings (SSSR count). The molecule has 0 saturated heterocycles. The summed E-state index contributed by atoms with van der Waals surface area (Å²) in [6.45, 7) is 2.04. The van der Waals surface area contributed by atoms with Crippen molar-refractivity contribution < 1.29 is 9.59 Å². The third-order valence-corrected chi connectivity index (χ3v) is 3.39. The summed E-state index contributed by atoms with van der Waals surface area (Å²) in [6, 6.07) is 7.83. The first-order chi connectivity index (χ1) is 9.54. The predicted octanol–water partition coefficient (Wildman–Crippen LogP) is 1.16. The average molecular weight is 275 g/mol. The minimum absolute atomic E-state index is 0.0593. The van der Waals surface area contributed by atoms with Crippen LogP contribution in [0.4, 0.5) is 5.69 Å². The number of amides is 2. The van der Waals surface area contributed by atoms with Gasteiger partial charge in [0.1, 0.15) is 0 Å². The molecule has 1 fully saturated rings. The Morgan fingerprint density at radius 3 is 2.50 bits per heavy atom. The van der Waals surface area contributed by atoms with Crippen molar-refractivity contribution in [3.8, 4) is 0 Å². The van der Waals surface area contributed by atoms with Crippen LogP contribution in [0.25, 0.3) is 0 Å². The number of nitrogens with two attached hydrogens (primary N) is 1. The maximum absolute atomic E-state index is 11.8. The van der Waals surface area contributed by atoms with Crippen molar-refractivity contribution in [1.29, 1.82) is 0 Å². The number of nitrogen functional groups attached to an aromatic ring is 1. The van der Waals surface area contributed by atoms with E-state index in [9.17, 15) is 9.59 Å². The second-order valence-corrected chi connectivity index (χ2v) is 5.39. The highest BCUT2D eigenvalue weighted by Crippen LogP contribution is 2.20. The number of carbonyl (C=O) groups is 2. The Bertz CT molecular complexity index is 480. The van der Waals surface area contributed by atoms with Gasteiger partial charge < -0.3 is 16.4 Å². The number of carbonyl (C=O) groups excluding carboxylic acids is 2. The summed E-state index contributed by atoms with van der Waals surface area (Å²) in [7, 11) is 0. The van der Waals surface area contributed by atoms with Crippen LogP contribution in [-0.2, 0) is 9.59 Å². The highest BCUT2D eigenvalue weighted by atomic mass is 16.2. The van der Waals surface area contributed by atoms with E-state index in [1.807, 2.05) is 31.2 Å². The maximum atomic E-state index is 11.8. The Morgan fingerprint density at radius 1 is 1.25 bits per heavy atom. The minimum atomic E-state index is -0.111. The first-order valence-electron chi connectivity index (χ1n) is 6.96. The Morgan fingerprint density at radius 2 is 1.90 bits per heavy atom. The van der Waals surface area contributed by atoms with Gasteiger partial charge in [0.05, 0.1) is 6.54 Å². The zero-order valence-electron chi connectivity index (χ0n) is 11.7. The van der Waals surface area contributed by atoms with Crippen molar-refractivity contribution in [1.82, 2.24) is 10.6 Å². The summed E-state index contributed by atoms with van der Waals surface area (Å²) in [6.07, 6.45) is 2.46. The summed E-state index contributed by atoms with van der Waals surface area (Å²) < 4.78 is 0. The van der Waals surface area contributed by atoms with Gasteiger partial charge in [0.25, 0.3) is 0 Å². The Labute approximate surface area is 118 Å². The van der Waals surface area contributed by atoms with E-state index >= 15 is 0 Å². The summed E-state index contributed by atoms with van der Waals surface area (Å²) >= 11 is 0. The number of hydrogen-bond acceptors (Lipinski definition) is 3. The van der Waals surface area contributed by atoms with Gasteiger partial charge in [-0.25, -0.2) is 0 Å². The SMILES string of the molecule is CC(CC(=O)NCC(=O)NC1CC1)c1ccc(N)cc1. The van der Waals surface area contributed by atoms with Crippen LogP contribution in [0, 0.1) is 0 Å². The molecule has 0 spiro atoms. The Kier molecular flexibility index (Phi) is 4.61. The van der Waals surface area contributed by atoms with Gasteiger partial charge in [0.2, 0.25) is 11.8 Å². The molecule has 0 aliphatic heterocycles. The van der Waals surface area contributed by atoms with Gasteiger partial charge in [-0.05, 0) is 36.5 Å². The van der Waals surface area contributed by atoms with E-state index in [4.69, 9.17) is 5.73 Å². The molecule has 0 heterocycles. The fourth-order valence-corrected chi connectivity index (χ4v) is 1.98. The van der Waals surface area contributed by atoms with Crippen LogP contribution in [-0.4, -0.2) is 24.4 Å². The van der Waals surface area contributed by atoms with Crippen LogP contribution < -0.4 is 16.4 Å². The molecule has 2 amide bonds. The highest BCUT2D eigenvalue weighted by molar-refractivity contribution is 5.85. The topological polar surface area (TPSA) is 84.2 Å². The summed E-state index contributed by atoms with van der Waals surface area (Å²) in [5.41, 5.74) is 7.41. The van der Waals surface area contributed by atoms with E-state index in [1.54, 1.807) is 0 Å². The quantitative estimate of drug-likeness (QED) is 0.681. The number of nitrogens with one attached hydrogen (secondary N) is 2. The van der Waals surface area contributed by atoms with Gasteiger partial charge in [0, 0.05) is 18.2 Å². The third-order valence-electron chi connectivity index (χ3n) is 3.39. The molecule has 1 atom stereocenters. The number of benzene rings is 1. The van der Waals surface area contributed by atoms with Crippen molar-refractivity contribution in [2.75, 3.05) is 12.3 Å². The fourth-order valence-electron chi connectivity index (χ4n) is 1.98. The second kappa shape index (κ2) is 6.41. The second-order valence-electron chi connectivity index (χ2n) is 5.39. The van der Waals surface area contributed by atoms with E-state index in [0.29, 0.717) is 18.2 Å². The molecule has 20 heavy (non-hydrogen) atoms. The van der Waals surface area contributed by atoms with Gasteiger partial charge >= 0.3 is 0 Å². The van der Waals surface area contributed by atoms with Crippen molar-refractivity contribution >= 4 is 17.5 Å². The van der Waals surface area contributed by atoms with Crippen molar-refractivity contribution in [3.05, 3.63) is 29.8 Å². The molecule has 1 aromatic carbocycles. The van der Waals surface area contributed by atoms with Crippen LogP contribution >= 0.6 is 0 Å². The van der Waals surface area contributed by atoms with Gasteiger partial charge in [-0.15, -0.1) is 0 Å². The number of hydrogen-bond donors (Lipinski definition) is 3. The molecule has 1 saturated carbocycles. The monoisotopic (exact) mass is 275 g/mol. The predicted molar refractivity (Wildman–Crippen MR) is 78.1 cm³/mol. The lowest BCUT2D eigenvalue weighted by atomic mass is 9.97. The lowest BCUT2D eigenvalue weighted by molar-refractivity contribution is -0.126. The summed E-state index contributed by atoms with van der Waals surface area (Å²) in [5.74, 6) is -0.122. The number of rotatable bonds is 6. The van der Waals surface area contributed by atoms with Crippen molar-refractivity contribution in [2.45, 2.75) is 38.1 Å². The molecule has 0 aromatic heterocycles. The van der Waals surface area contributed by atoms with Crippen LogP contribution in [0.15, 0.2) is 24.3 Å². The molecule has 0 radical (unpaired) electrons. The normalized spacial score (nSPS) is 15.4.